The Labute approximate surface area is 145 Å². The van der Waals surface area contributed by atoms with Gasteiger partial charge in [-0.25, -0.2) is 4.79 Å². The normalized spacial score (nSPS) is 13.0. The molecule has 0 saturated heterocycles. The van der Waals surface area contributed by atoms with Crippen molar-refractivity contribution in [3.63, 3.8) is 0 Å². The highest BCUT2D eigenvalue weighted by atomic mass is 16.5. The quantitative estimate of drug-likeness (QED) is 0.872. The Kier molecular flexibility index (Phi) is 5.18. The summed E-state index contributed by atoms with van der Waals surface area (Å²) in [6.45, 7) is 1.47. The summed E-state index contributed by atoms with van der Waals surface area (Å²) in [5.41, 5.74) is 1.46. The van der Waals surface area contributed by atoms with Gasteiger partial charge in [0.25, 0.3) is 0 Å². The third-order valence-corrected chi connectivity index (χ3v) is 3.93. The molecule has 0 atom stereocenters. The number of hydrogen-bond acceptors (Lipinski definition) is 4. The van der Waals surface area contributed by atoms with Crippen molar-refractivity contribution in [3.05, 3.63) is 59.2 Å². The van der Waals surface area contributed by atoms with Crippen molar-refractivity contribution in [2.45, 2.75) is 19.4 Å². The molecule has 2 aromatic carbocycles. The van der Waals surface area contributed by atoms with Crippen LogP contribution in [0.15, 0.2) is 42.5 Å². The highest BCUT2D eigenvalue weighted by molar-refractivity contribution is 5.91. The van der Waals surface area contributed by atoms with Crippen molar-refractivity contribution in [1.82, 2.24) is 5.32 Å². The van der Waals surface area contributed by atoms with Gasteiger partial charge >= 0.3 is 5.97 Å². The van der Waals surface area contributed by atoms with Gasteiger partial charge in [0, 0.05) is 18.5 Å². The first-order chi connectivity index (χ1) is 12.1. The van der Waals surface area contributed by atoms with E-state index in [0.717, 1.165) is 12.0 Å². The standard InChI is InChI=1S/C19H19NO5/c21-17(11-13-5-1-2-7-15(13)19(22)23)20-12-14-6-3-8-16-18(14)25-10-4-9-24-16/h1-3,5-8H,4,9-12H2,(H,20,21)(H,22,23). The average Bonchev–Trinajstić information content (AvgIpc) is 2.86. The van der Waals surface area contributed by atoms with Crippen molar-refractivity contribution >= 4 is 11.9 Å². The summed E-state index contributed by atoms with van der Waals surface area (Å²) in [7, 11) is 0. The van der Waals surface area contributed by atoms with Crippen LogP contribution < -0.4 is 14.8 Å². The number of benzene rings is 2. The zero-order valence-electron chi connectivity index (χ0n) is 13.7. The molecule has 0 aromatic heterocycles. The maximum Gasteiger partial charge on any atom is 0.335 e. The summed E-state index contributed by atoms with van der Waals surface area (Å²) in [5.74, 6) is 0.0508. The van der Waals surface area contributed by atoms with Crippen molar-refractivity contribution in [1.29, 1.82) is 0 Å². The lowest BCUT2D eigenvalue weighted by Gasteiger charge is -2.13. The van der Waals surface area contributed by atoms with Gasteiger partial charge in [-0.05, 0) is 17.7 Å². The third kappa shape index (κ3) is 4.09. The van der Waals surface area contributed by atoms with Gasteiger partial charge in [-0.15, -0.1) is 0 Å². The fraction of sp³-hybridized carbons (Fsp3) is 0.263. The predicted octanol–water partition coefficient (Wildman–Crippen LogP) is 2.41. The molecule has 0 aliphatic carbocycles. The monoisotopic (exact) mass is 341 g/mol. The van der Waals surface area contributed by atoms with E-state index in [4.69, 9.17) is 9.47 Å². The number of para-hydroxylation sites is 1. The number of carboxylic acids is 1. The minimum Gasteiger partial charge on any atom is -0.490 e. The molecule has 1 aliphatic rings. The van der Waals surface area contributed by atoms with Crippen LogP contribution >= 0.6 is 0 Å². The summed E-state index contributed by atoms with van der Waals surface area (Å²) in [6.07, 6.45) is 0.821. The van der Waals surface area contributed by atoms with Crippen LogP contribution in [0, 0.1) is 0 Å². The van der Waals surface area contributed by atoms with Crippen LogP contribution in [0.5, 0.6) is 11.5 Å². The molecule has 1 amide bonds. The van der Waals surface area contributed by atoms with Gasteiger partial charge in [0.15, 0.2) is 11.5 Å². The second kappa shape index (κ2) is 7.70. The smallest absolute Gasteiger partial charge is 0.335 e. The third-order valence-electron chi connectivity index (χ3n) is 3.93. The first kappa shape index (κ1) is 16.8. The van der Waals surface area contributed by atoms with Gasteiger partial charge in [0.05, 0.1) is 25.2 Å². The predicted molar refractivity (Wildman–Crippen MR) is 91.0 cm³/mol. The van der Waals surface area contributed by atoms with E-state index in [0.29, 0.717) is 36.8 Å². The van der Waals surface area contributed by atoms with E-state index in [2.05, 4.69) is 5.32 Å². The van der Waals surface area contributed by atoms with E-state index in [-0.39, 0.29) is 17.9 Å². The molecular formula is C19H19NO5. The number of nitrogens with one attached hydrogen (secondary N) is 1. The molecule has 1 heterocycles. The van der Waals surface area contributed by atoms with Crippen LogP contribution in [0.2, 0.25) is 0 Å². The van der Waals surface area contributed by atoms with Gasteiger partial charge in [-0.1, -0.05) is 30.3 Å². The van der Waals surface area contributed by atoms with Crippen LogP contribution in [0.4, 0.5) is 0 Å². The van der Waals surface area contributed by atoms with E-state index in [9.17, 15) is 14.7 Å². The molecule has 0 radical (unpaired) electrons. The largest absolute Gasteiger partial charge is 0.490 e. The van der Waals surface area contributed by atoms with Crippen LogP contribution in [-0.2, 0) is 17.8 Å². The molecular weight excluding hydrogens is 322 g/mol. The van der Waals surface area contributed by atoms with E-state index >= 15 is 0 Å². The first-order valence-electron chi connectivity index (χ1n) is 8.10. The second-order valence-corrected chi connectivity index (χ2v) is 5.71. The van der Waals surface area contributed by atoms with Gasteiger partial charge in [0.1, 0.15) is 0 Å². The van der Waals surface area contributed by atoms with E-state index in [1.165, 1.54) is 6.07 Å². The molecule has 0 bridgehead atoms. The van der Waals surface area contributed by atoms with E-state index in [1.54, 1.807) is 18.2 Å². The number of fused-ring (bicyclic) bond motifs is 1. The SMILES string of the molecule is O=C(Cc1ccccc1C(=O)O)NCc1cccc2c1OCCCO2. The molecule has 0 saturated carbocycles. The van der Waals surface area contributed by atoms with Gasteiger partial charge in [-0.3, -0.25) is 4.79 Å². The molecule has 25 heavy (non-hydrogen) atoms. The minimum atomic E-state index is -1.04. The number of hydrogen-bond donors (Lipinski definition) is 2. The van der Waals surface area contributed by atoms with Crippen LogP contribution in [0.1, 0.15) is 27.9 Å². The number of carbonyl (C=O) groups excluding carboxylic acids is 1. The lowest BCUT2D eigenvalue weighted by atomic mass is 10.0. The highest BCUT2D eigenvalue weighted by Gasteiger charge is 2.16. The van der Waals surface area contributed by atoms with Crippen LogP contribution in [0.3, 0.4) is 0 Å². The fourth-order valence-corrected chi connectivity index (χ4v) is 2.71. The summed E-state index contributed by atoms with van der Waals surface area (Å²) in [6, 6.07) is 12.1. The Hall–Kier alpha value is -3.02. The van der Waals surface area contributed by atoms with Crippen LogP contribution in [-0.4, -0.2) is 30.2 Å². The lowest BCUT2D eigenvalue weighted by Crippen LogP contribution is -2.25. The summed E-state index contributed by atoms with van der Waals surface area (Å²) < 4.78 is 11.4. The molecule has 0 unspecified atom stereocenters. The van der Waals surface area contributed by atoms with Gasteiger partial charge in [0.2, 0.25) is 5.91 Å². The minimum absolute atomic E-state index is 0.00878. The second-order valence-electron chi connectivity index (χ2n) is 5.71. The Morgan fingerprint density at radius 1 is 1.00 bits per heavy atom. The number of aromatic carboxylic acids is 1. The Morgan fingerprint density at radius 2 is 1.76 bits per heavy atom. The molecule has 6 heteroatoms. The number of ether oxygens (including phenoxy) is 2. The molecule has 1 aliphatic heterocycles. The molecule has 2 aromatic rings. The Balaban J connectivity index is 1.67. The van der Waals surface area contributed by atoms with Crippen molar-refractivity contribution in [3.8, 4) is 11.5 Å². The number of carboxylic acid groups (broad SMARTS) is 1. The maximum atomic E-state index is 12.2. The average molecular weight is 341 g/mol. The van der Waals surface area contributed by atoms with Crippen LogP contribution in [0.25, 0.3) is 0 Å². The van der Waals surface area contributed by atoms with Crippen molar-refractivity contribution in [2.75, 3.05) is 13.2 Å². The Bertz CT molecular complexity index is 787. The topological polar surface area (TPSA) is 84.9 Å². The van der Waals surface area contributed by atoms with Crippen molar-refractivity contribution < 1.29 is 24.2 Å². The summed E-state index contributed by atoms with van der Waals surface area (Å²) >= 11 is 0. The number of amides is 1. The molecule has 2 N–H and O–H groups in total. The molecule has 3 rings (SSSR count). The molecule has 0 spiro atoms. The zero-order chi connectivity index (χ0) is 17.6. The maximum absolute atomic E-state index is 12.2. The number of carbonyl (C=O) groups is 2. The summed E-state index contributed by atoms with van der Waals surface area (Å²) in [4.78, 5) is 23.4. The number of rotatable bonds is 5. The van der Waals surface area contributed by atoms with Gasteiger partial charge < -0.3 is 19.9 Å². The van der Waals surface area contributed by atoms with E-state index < -0.39 is 5.97 Å². The first-order valence-corrected chi connectivity index (χ1v) is 8.10. The Morgan fingerprint density at radius 3 is 2.60 bits per heavy atom. The van der Waals surface area contributed by atoms with Gasteiger partial charge in [-0.2, -0.15) is 0 Å². The molecule has 130 valence electrons. The molecule has 0 fully saturated rings. The highest BCUT2D eigenvalue weighted by Crippen LogP contribution is 2.33. The zero-order valence-corrected chi connectivity index (χ0v) is 13.7. The lowest BCUT2D eigenvalue weighted by molar-refractivity contribution is -0.120. The summed E-state index contributed by atoms with van der Waals surface area (Å²) in [5, 5.41) is 12.0. The fourth-order valence-electron chi connectivity index (χ4n) is 2.71. The molecule has 6 nitrogen and oxygen atoms in total. The van der Waals surface area contributed by atoms with E-state index in [1.807, 2.05) is 18.2 Å². The van der Waals surface area contributed by atoms with Crippen molar-refractivity contribution in [2.24, 2.45) is 0 Å².